The van der Waals surface area contributed by atoms with Crippen LogP contribution in [0.1, 0.15) is 13.8 Å². The summed E-state index contributed by atoms with van der Waals surface area (Å²) in [5.74, 6) is 0.437. The molecule has 0 aliphatic heterocycles. The molecule has 0 aromatic rings. The fourth-order valence-electron chi connectivity index (χ4n) is 1.26. The van der Waals surface area contributed by atoms with Gasteiger partial charge in [-0.15, -0.1) is 0 Å². The van der Waals surface area contributed by atoms with Crippen molar-refractivity contribution in [2.75, 3.05) is 6.61 Å². The number of aliphatic hydroxyl groups is 1. The van der Waals surface area contributed by atoms with Crippen LogP contribution in [-0.4, -0.2) is 11.7 Å². The van der Waals surface area contributed by atoms with Gasteiger partial charge in [0, 0.05) is 0 Å². The Morgan fingerprint density at radius 1 is 1.36 bits per heavy atom. The van der Waals surface area contributed by atoms with E-state index in [2.05, 4.69) is 26.0 Å². The van der Waals surface area contributed by atoms with Gasteiger partial charge in [-0.25, -0.2) is 0 Å². The lowest BCUT2D eigenvalue weighted by Gasteiger charge is -1.98. The fourth-order valence-corrected chi connectivity index (χ4v) is 1.26. The third-order valence-corrected chi connectivity index (χ3v) is 1.75. The molecule has 0 bridgehead atoms. The minimum atomic E-state index is 0.141. The molecule has 1 nitrogen and oxygen atoms in total. The summed E-state index contributed by atoms with van der Waals surface area (Å²) in [4.78, 5) is 0. The molecule has 60 valence electrons. The molecule has 11 heavy (non-hydrogen) atoms. The maximum absolute atomic E-state index is 8.88. The van der Waals surface area contributed by atoms with Crippen LogP contribution in [0.4, 0.5) is 0 Å². The molecule has 1 atom stereocenters. The standard InChI is InChI=1S/C10H14O/c1-8-3-4-10(7-11)6-9(2)5-8/h3-6,9,11H,7H2,1-2H3. The zero-order valence-electron chi connectivity index (χ0n) is 7.04. The van der Waals surface area contributed by atoms with Gasteiger partial charge in [-0.3, -0.25) is 0 Å². The molecule has 0 radical (unpaired) electrons. The van der Waals surface area contributed by atoms with E-state index in [1.54, 1.807) is 0 Å². The Hall–Kier alpha value is -0.820. The Bertz CT molecular complexity index is 221. The Kier molecular flexibility index (Phi) is 2.66. The summed E-state index contributed by atoms with van der Waals surface area (Å²) in [6, 6.07) is 0. The van der Waals surface area contributed by atoms with Gasteiger partial charge in [0.25, 0.3) is 0 Å². The Morgan fingerprint density at radius 2 is 2.09 bits per heavy atom. The van der Waals surface area contributed by atoms with Crippen molar-refractivity contribution in [3.63, 3.8) is 0 Å². The number of hydrogen-bond donors (Lipinski definition) is 1. The van der Waals surface area contributed by atoms with Crippen molar-refractivity contribution in [1.82, 2.24) is 0 Å². The van der Waals surface area contributed by atoms with E-state index in [0.717, 1.165) is 5.57 Å². The van der Waals surface area contributed by atoms with Gasteiger partial charge in [-0.2, -0.15) is 0 Å². The first-order valence-corrected chi connectivity index (χ1v) is 3.90. The van der Waals surface area contributed by atoms with Crippen molar-refractivity contribution < 1.29 is 5.11 Å². The molecule has 0 fully saturated rings. The van der Waals surface area contributed by atoms with Gasteiger partial charge >= 0.3 is 0 Å². The molecule has 0 heterocycles. The summed E-state index contributed by atoms with van der Waals surface area (Å²) in [6.07, 6.45) is 8.26. The highest BCUT2D eigenvalue weighted by molar-refractivity contribution is 5.32. The van der Waals surface area contributed by atoms with E-state index >= 15 is 0 Å². The van der Waals surface area contributed by atoms with Crippen LogP contribution in [-0.2, 0) is 0 Å². The molecule has 0 aromatic heterocycles. The van der Waals surface area contributed by atoms with Crippen LogP contribution < -0.4 is 0 Å². The predicted molar refractivity (Wildman–Crippen MR) is 47.2 cm³/mol. The van der Waals surface area contributed by atoms with E-state index in [-0.39, 0.29) is 6.61 Å². The van der Waals surface area contributed by atoms with Gasteiger partial charge in [-0.05, 0) is 18.4 Å². The lowest BCUT2D eigenvalue weighted by Crippen LogP contribution is -1.89. The highest BCUT2D eigenvalue weighted by Crippen LogP contribution is 2.14. The number of allylic oxidation sites excluding steroid dienone is 4. The van der Waals surface area contributed by atoms with Crippen LogP contribution in [0.3, 0.4) is 0 Å². The van der Waals surface area contributed by atoms with Crippen molar-refractivity contribution in [3.8, 4) is 0 Å². The average molecular weight is 150 g/mol. The number of hydrogen-bond acceptors (Lipinski definition) is 1. The summed E-state index contributed by atoms with van der Waals surface area (Å²) >= 11 is 0. The minimum Gasteiger partial charge on any atom is -0.392 e. The van der Waals surface area contributed by atoms with E-state index in [0.29, 0.717) is 5.92 Å². The maximum atomic E-state index is 8.88. The van der Waals surface area contributed by atoms with Gasteiger partial charge in [-0.1, -0.05) is 36.8 Å². The molecule has 1 heteroatoms. The Labute approximate surface area is 67.7 Å². The van der Waals surface area contributed by atoms with Crippen LogP contribution in [0.2, 0.25) is 0 Å². The second-order valence-corrected chi connectivity index (χ2v) is 3.00. The van der Waals surface area contributed by atoms with Gasteiger partial charge in [0.15, 0.2) is 0 Å². The summed E-state index contributed by atoms with van der Waals surface area (Å²) in [7, 11) is 0. The molecule has 1 N–H and O–H groups in total. The highest BCUT2D eigenvalue weighted by atomic mass is 16.3. The summed E-state index contributed by atoms with van der Waals surface area (Å²) < 4.78 is 0. The maximum Gasteiger partial charge on any atom is 0.0679 e. The van der Waals surface area contributed by atoms with Crippen molar-refractivity contribution in [2.45, 2.75) is 13.8 Å². The monoisotopic (exact) mass is 150 g/mol. The first-order chi connectivity index (χ1) is 5.22. The van der Waals surface area contributed by atoms with E-state index in [9.17, 15) is 0 Å². The number of aliphatic hydroxyl groups excluding tert-OH is 1. The third kappa shape index (κ3) is 2.35. The summed E-state index contributed by atoms with van der Waals surface area (Å²) in [6.45, 7) is 4.33. The van der Waals surface area contributed by atoms with Crippen molar-refractivity contribution >= 4 is 0 Å². The Morgan fingerprint density at radius 3 is 2.73 bits per heavy atom. The van der Waals surface area contributed by atoms with Gasteiger partial charge < -0.3 is 5.11 Å². The van der Waals surface area contributed by atoms with E-state index in [1.165, 1.54) is 5.57 Å². The fraction of sp³-hybridized carbons (Fsp3) is 0.400. The van der Waals surface area contributed by atoms with E-state index in [1.807, 2.05) is 12.2 Å². The van der Waals surface area contributed by atoms with Crippen LogP contribution in [0.25, 0.3) is 0 Å². The van der Waals surface area contributed by atoms with Gasteiger partial charge in [0.05, 0.1) is 6.61 Å². The van der Waals surface area contributed by atoms with Gasteiger partial charge in [0.1, 0.15) is 0 Å². The van der Waals surface area contributed by atoms with E-state index < -0.39 is 0 Å². The van der Waals surface area contributed by atoms with Gasteiger partial charge in [0.2, 0.25) is 0 Å². The van der Waals surface area contributed by atoms with Crippen LogP contribution >= 0.6 is 0 Å². The lowest BCUT2D eigenvalue weighted by atomic mass is 10.1. The molecule has 1 aliphatic rings. The van der Waals surface area contributed by atoms with Crippen molar-refractivity contribution in [1.29, 1.82) is 0 Å². The molecule has 0 spiro atoms. The topological polar surface area (TPSA) is 20.2 Å². The number of rotatable bonds is 1. The first-order valence-electron chi connectivity index (χ1n) is 3.90. The molecule has 0 amide bonds. The molecule has 0 aromatic carbocycles. The van der Waals surface area contributed by atoms with Crippen molar-refractivity contribution in [3.05, 3.63) is 35.5 Å². The normalized spacial score (nSPS) is 24.1. The largest absolute Gasteiger partial charge is 0.392 e. The SMILES string of the molecule is CC1=CC(C)C=C(CO)C=C1. The van der Waals surface area contributed by atoms with Crippen LogP contribution in [0.15, 0.2) is 35.5 Å². The molecular weight excluding hydrogens is 136 g/mol. The Balaban J connectivity index is 2.83. The molecule has 0 saturated carbocycles. The molecule has 1 unspecified atom stereocenters. The molecular formula is C10H14O. The molecule has 1 rings (SSSR count). The molecule has 0 saturated heterocycles. The zero-order valence-corrected chi connectivity index (χ0v) is 7.04. The highest BCUT2D eigenvalue weighted by Gasteiger charge is 1.99. The van der Waals surface area contributed by atoms with E-state index in [4.69, 9.17) is 5.11 Å². The smallest absolute Gasteiger partial charge is 0.0679 e. The quantitative estimate of drug-likeness (QED) is 0.606. The molecule has 1 aliphatic carbocycles. The first kappa shape index (κ1) is 8.28. The summed E-state index contributed by atoms with van der Waals surface area (Å²) in [5.41, 5.74) is 2.27. The second kappa shape index (κ2) is 3.54. The van der Waals surface area contributed by atoms with Crippen LogP contribution in [0.5, 0.6) is 0 Å². The summed E-state index contributed by atoms with van der Waals surface area (Å²) in [5, 5.41) is 8.88. The van der Waals surface area contributed by atoms with Crippen LogP contribution in [0, 0.1) is 5.92 Å². The third-order valence-electron chi connectivity index (χ3n) is 1.75. The zero-order chi connectivity index (χ0) is 8.27. The lowest BCUT2D eigenvalue weighted by molar-refractivity contribution is 0.334. The predicted octanol–water partition coefficient (Wildman–Crippen LogP) is 2.06. The average Bonchev–Trinajstić information content (AvgIpc) is 2.11. The van der Waals surface area contributed by atoms with Crippen molar-refractivity contribution in [2.24, 2.45) is 5.92 Å². The second-order valence-electron chi connectivity index (χ2n) is 3.00. The minimum absolute atomic E-state index is 0.141.